The summed E-state index contributed by atoms with van der Waals surface area (Å²) in [6.45, 7) is -3.27. The number of halogens is 6. The van der Waals surface area contributed by atoms with Crippen LogP contribution in [0.25, 0.3) is 0 Å². The van der Waals surface area contributed by atoms with Crippen LogP contribution in [0.2, 0.25) is 0 Å². The van der Waals surface area contributed by atoms with Crippen LogP contribution in [-0.4, -0.2) is 31.8 Å². The van der Waals surface area contributed by atoms with Crippen LogP contribution >= 0.6 is 0 Å². The number of ether oxygens (including phenoxy) is 1. The van der Waals surface area contributed by atoms with Crippen molar-refractivity contribution in [2.75, 3.05) is 7.05 Å². The molecule has 0 bridgehead atoms. The molecule has 1 fully saturated rings. The maximum Gasteiger partial charge on any atom is 0.391 e. The van der Waals surface area contributed by atoms with Gasteiger partial charge in [0.05, 0.1) is 5.92 Å². The molecule has 1 aromatic rings. The van der Waals surface area contributed by atoms with E-state index in [1.165, 1.54) is 19.2 Å². The molecule has 1 aliphatic rings. The third-order valence-corrected chi connectivity index (χ3v) is 4.48. The number of aliphatic imine (C=N–C) groups is 1. The van der Waals surface area contributed by atoms with E-state index in [0.717, 1.165) is 6.07 Å². The van der Waals surface area contributed by atoms with E-state index in [4.69, 9.17) is 0 Å². The first-order valence-corrected chi connectivity index (χ1v) is 8.46. The van der Waals surface area contributed by atoms with Crippen molar-refractivity contribution in [1.29, 1.82) is 0 Å². The van der Waals surface area contributed by atoms with Gasteiger partial charge >= 0.3 is 12.8 Å². The lowest BCUT2D eigenvalue weighted by Crippen LogP contribution is -2.45. The maximum atomic E-state index is 13.9. The summed E-state index contributed by atoms with van der Waals surface area (Å²) < 4.78 is 81.3. The van der Waals surface area contributed by atoms with Crippen molar-refractivity contribution in [3.8, 4) is 5.75 Å². The number of hydrogen-bond acceptors (Lipinski definition) is 2. The average Bonchev–Trinajstić information content (AvgIpc) is 2.59. The lowest BCUT2D eigenvalue weighted by Gasteiger charge is -2.31. The van der Waals surface area contributed by atoms with Crippen LogP contribution in [-0.2, 0) is 6.54 Å². The SMILES string of the molecule is CN=C(NCc1c(F)cccc1OC(F)F)NC1CCC(C(F)(F)F)CC1. The number of guanidine groups is 1. The second-order valence-electron chi connectivity index (χ2n) is 6.26. The fourth-order valence-corrected chi connectivity index (χ4v) is 3.04. The van der Waals surface area contributed by atoms with Crippen molar-refractivity contribution in [1.82, 2.24) is 10.6 Å². The second kappa shape index (κ2) is 9.18. The minimum Gasteiger partial charge on any atom is -0.434 e. The minimum absolute atomic E-state index is 0.0256. The topological polar surface area (TPSA) is 45.7 Å². The molecule has 10 heteroatoms. The standard InChI is InChI=1S/C17H21F6N3O/c1-24-16(26-11-7-5-10(6-8-11)17(21,22)23)25-9-12-13(18)3-2-4-14(12)27-15(19)20/h2-4,10-11,15H,5-9H2,1H3,(H2,24,25,26). The first-order valence-electron chi connectivity index (χ1n) is 8.46. The molecule has 0 atom stereocenters. The third-order valence-electron chi connectivity index (χ3n) is 4.48. The zero-order valence-corrected chi connectivity index (χ0v) is 14.6. The molecule has 152 valence electrons. The number of alkyl halides is 5. The highest BCUT2D eigenvalue weighted by atomic mass is 19.4. The molecule has 27 heavy (non-hydrogen) atoms. The molecule has 0 amide bonds. The highest BCUT2D eigenvalue weighted by molar-refractivity contribution is 5.80. The Morgan fingerprint density at radius 2 is 1.89 bits per heavy atom. The van der Waals surface area contributed by atoms with E-state index in [9.17, 15) is 26.3 Å². The van der Waals surface area contributed by atoms with Crippen molar-refractivity contribution in [2.24, 2.45) is 10.9 Å². The zero-order chi connectivity index (χ0) is 20.0. The van der Waals surface area contributed by atoms with Crippen molar-refractivity contribution < 1.29 is 31.1 Å². The van der Waals surface area contributed by atoms with Crippen LogP contribution in [0, 0.1) is 11.7 Å². The van der Waals surface area contributed by atoms with Gasteiger partial charge in [0.15, 0.2) is 5.96 Å². The van der Waals surface area contributed by atoms with Crippen LogP contribution in [0.3, 0.4) is 0 Å². The Labute approximate surface area is 153 Å². The quantitative estimate of drug-likeness (QED) is 0.445. The summed E-state index contributed by atoms with van der Waals surface area (Å²) in [5, 5.41) is 5.77. The second-order valence-corrected chi connectivity index (χ2v) is 6.26. The van der Waals surface area contributed by atoms with Crippen molar-refractivity contribution in [3.63, 3.8) is 0 Å². The zero-order valence-electron chi connectivity index (χ0n) is 14.6. The number of benzene rings is 1. The molecule has 0 aliphatic heterocycles. The van der Waals surface area contributed by atoms with Crippen LogP contribution < -0.4 is 15.4 Å². The van der Waals surface area contributed by atoms with Crippen molar-refractivity contribution in [2.45, 2.75) is 51.1 Å². The van der Waals surface area contributed by atoms with Gasteiger partial charge in [0.2, 0.25) is 0 Å². The molecule has 1 aromatic carbocycles. The van der Waals surface area contributed by atoms with E-state index >= 15 is 0 Å². The molecular weight excluding hydrogens is 376 g/mol. The Balaban J connectivity index is 1.92. The van der Waals surface area contributed by atoms with Crippen molar-refractivity contribution in [3.05, 3.63) is 29.6 Å². The number of hydrogen-bond donors (Lipinski definition) is 2. The molecule has 0 spiro atoms. The van der Waals surface area contributed by atoms with Gasteiger partial charge in [-0.15, -0.1) is 0 Å². The van der Waals surface area contributed by atoms with Gasteiger partial charge in [0.1, 0.15) is 11.6 Å². The monoisotopic (exact) mass is 397 g/mol. The number of nitrogens with zero attached hydrogens (tertiary/aromatic N) is 1. The van der Waals surface area contributed by atoms with E-state index in [1.807, 2.05) is 0 Å². The molecule has 2 rings (SSSR count). The lowest BCUT2D eigenvalue weighted by atomic mass is 9.85. The third kappa shape index (κ3) is 6.21. The Bertz CT molecular complexity index is 642. The first-order chi connectivity index (χ1) is 12.7. The van der Waals surface area contributed by atoms with E-state index < -0.39 is 24.5 Å². The summed E-state index contributed by atoms with van der Waals surface area (Å²) in [7, 11) is 1.45. The maximum absolute atomic E-state index is 13.9. The number of rotatable bonds is 5. The summed E-state index contributed by atoms with van der Waals surface area (Å²) in [6.07, 6.45) is -3.48. The van der Waals surface area contributed by atoms with Gasteiger partial charge in [-0.2, -0.15) is 22.0 Å². The van der Waals surface area contributed by atoms with E-state index in [2.05, 4.69) is 20.4 Å². The normalized spacial score (nSPS) is 21.3. The highest BCUT2D eigenvalue weighted by Gasteiger charge is 2.41. The lowest BCUT2D eigenvalue weighted by molar-refractivity contribution is -0.182. The predicted molar refractivity (Wildman–Crippen MR) is 88.2 cm³/mol. The largest absolute Gasteiger partial charge is 0.434 e. The smallest absolute Gasteiger partial charge is 0.391 e. The number of nitrogens with one attached hydrogen (secondary N) is 2. The molecule has 0 aromatic heterocycles. The Kier molecular flexibility index (Phi) is 7.20. The van der Waals surface area contributed by atoms with Gasteiger partial charge in [0.25, 0.3) is 0 Å². The first kappa shape index (κ1) is 21.2. The molecule has 0 heterocycles. The fourth-order valence-electron chi connectivity index (χ4n) is 3.04. The van der Waals surface area contributed by atoms with Crippen LogP contribution in [0.5, 0.6) is 5.75 Å². The molecule has 4 nitrogen and oxygen atoms in total. The summed E-state index contributed by atoms with van der Waals surface area (Å²) in [5.74, 6) is -2.06. The van der Waals surface area contributed by atoms with E-state index in [-0.39, 0.29) is 42.7 Å². The fraction of sp³-hybridized carbons (Fsp3) is 0.588. The van der Waals surface area contributed by atoms with E-state index in [0.29, 0.717) is 12.8 Å². The summed E-state index contributed by atoms with van der Waals surface area (Å²) in [4.78, 5) is 3.95. The summed E-state index contributed by atoms with van der Waals surface area (Å²) in [6, 6.07) is 3.39. The van der Waals surface area contributed by atoms with Gasteiger partial charge in [0, 0.05) is 25.2 Å². The molecule has 1 aliphatic carbocycles. The molecule has 0 saturated heterocycles. The van der Waals surface area contributed by atoms with Crippen LogP contribution in [0.1, 0.15) is 31.2 Å². The Hall–Kier alpha value is -2.13. The summed E-state index contributed by atoms with van der Waals surface area (Å²) in [5.41, 5.74) is -0.0958. The van der Waals surface area contributed by atoms with Gasteiger partial charge in [-0.3, -0.25) is 4.99 Å². The molecule has 0 radical (unpaired) electrons. The average molecular weight is 397 g/mol. The van der Waals surface area contributed by atoms with Crippen LogP contribution in [0.4, 0.5) is 26.3 Å². The van der Waals surface area contributed by atoms with Gasteiger partial charge in [-0.1, -0.05) is 6.07 Å². The highest BCUT2D eigenvalue weighted by Crippen LogP contribution is 2.37. The van der Waals surface area contributed by atoms with E-state index in [1.54, 1.807) is 0 Å². The predicted octanol–water partition coefficient (Wildman–Crippen LogP) is 4.21. The van der Waals surface area contributed by atoms with Crippen LogP contribution in [0.15, 0.2) is 23.2 Å². The van der Waals surface area contributed by atoms with Gasteiger partial charge < -0.3 is 15.4 Å². The Morgan fingerprint density at radius 3 is 2.44 bits per heavy atom. The summed E-state index contributed by atoms with van der Waals surface area (Å²) >= 11 is 0. The molecule has 2 N–H and O–H groups in total. The Morgan fingerprint density at radius 1 is 1.22 bits per heavy atom. The molecule has 0 unspecified atom stereocenters. The van der Waals surface area contributed by atoms with Gasteiger partial charge in [-0.25, -0.2) is 4.39 Å². The molecule has 1 saturated carbocycles. The molecular formula is C17H21F6N3O. The van der Waals surface area contributed by atoms with Crippen molar-refractivity contribution >= 4 is 5.96 Å². The van der Waals surface area contributed by atoms with Gasteiger partial charge in [-0.05, 0) is 37.8 Å². The minimum atomic E-state index is -4.18.